The van der Waals surface area contributed by atoms with Gasteiger partial charge >= 0.3 is 0 Å². The summed E-state index contributed by atoms with van der Waals surface area (Å²) in [6, 6.07) is 30.3. The van der Waals surface area contributed by atoms with E-state index in [2.05, 4.69) is 19.9 Å². The summed E-state index contributed by atoms with van der Waals surface area (Å²) in [4.78, 5) is 27.2. The molecule has 0 fully saturated rings. The lowest BCUT2D eigenvalue weighted by molar-refractivity contribution is -0.0141. The van der Waals surface area contributed by atoms with E-state index in [1.165, 1.54) is 0 Å². The first-order valence-corrected chi connectivity index (χ1v) is 18.2. The highest BCUT2D eigenvalue weighted by Gasteiger charge is 2.11. The van der Waals surface area contributed by atoms with Crippen LogP contribution in [0, 0.1) is 0 Å². The Morgan fingerprint density at radius 3 is 0.782 bits per heavy atom. The second-order valence-corrected chi connectivity index (χ2v) is 11.8. The zero-order chi connectivity index (χ0) is 37.6. The molecule has 13 nitrogen and oxygen atoms in total. The van der Waals surface area contributed by atoms with Gasteiger partial charge in [0.05, 0.1) is 112 Å². The van der Waals surface area contributed by atoms with Crippen LogP contribution < -0.4 is 9.47 Å². The molecule has 0 saturated carbocycles. The van der Waals surface area contributed by atoms with Crippen LogP contribution in [-0.2, 0) is 23.7 Å². The number of pyridine rings is 6. The molecule has 6 heterocycles. The van der Waals surface area contributed by atoms with E-state index in [0.29, 0.717) is 114 Å². The van der Waals surface area contributed by atoms with Crippen LogP contribution in [-0.4, -0.2) is 109 Å². The first-order chi connectivity index (χ1) is 27.3. The van der Waals surface area contributed by atoms with Gasteiger partial charge in [0.15, 0.2) is 0 Å². The van der Waals surface area contributed by atoms with Gasteiger partial charge in [-0.25, -0.2) is 9.97 Å². The monoisotopic (exact) mass is 744 g/mol. The highest BCUT2D eigenvalue weighted by atomic mass is 16.6. The Kier molecular flexibility index (Phi) is 16.0. The van der Waals surface area contributed by atoms with E-state index in [0.717, 1.165) is 22.8 Å². The third-order valence-electron chi connectivity index (χ3n) is 7.79. The first kappa shape index (κ1) is 39.0. The number of hydrogen-bond acceptors (Lipinski definition) is 13. The molecule has 0 aliphatic rings. The van der Waals surface area contributed by atoms with Crippen LogP contribution >= 0.6 is 0 Å². The Balaban J connectivity index is 0.766. The standard InChI is InChI=1S/C42H44N6O7/c1-5-13-43-35(9-1)39-29-33(30-40(47-39)36-10-2-6-14-44-36)54-27-25-52-23-21-50-19-17-49-18-20-51-22-24-53-26-28-55-34-31-41(37-11-3-7-15-45-37)48-42(32-34)38-12-4-8-16-46-38/h1-16,29-32H,17-28H2. The van der Waals surface area contributed by atoms with Gasteiger partial charge in [-0.15, -0.1) is 0 Å². The fraction of sp³-hybridized carbons (Fsp3) is 0.286. The van der Waals surface area contributed by atoms with Gasteiger partial charge in [0.25, 0.3) is 0 Å². The maximum atomic E-state index is 5.99. The fourth-order valence-electron chi connectivity index (χ4n) is 5.18. The molecule has 0 radical (unpaired) electrons. The second kappa shape index (κ2) is 22.5. The SMILES string of the molecule is c1ccc(-c2cc(OCCOCCOCCOCCOCCOCCOc3cc(-c4ccccn4)nc(-c4ccccn4)c3)cc(-c3ccccn3)n2)nc1. The van der Waals surface area contributed by atoms with Crippen LogP contribution in [0.4, 0.5) is 0 Å². The van der Waals surface area contributed by atoms with Crippen LogP contribution in [0.1, 0.15) is 0 Å². The van der Waals surface area contributed by atoms with E-state index in [9.17, 15) is 0 Å². The van der Waals surface area contributed by atoms with Gasteiger partial charge in [-0.2, -0.15) is 0 Å². The average molecular weight is 745 g/mol. The van der Waals surface area contributed by atoms with Crippen LogP contribution in [0.15, 0.2) is 122 Å². The molecule has 55 heavy (non-hydrogen) atoms. The number of hydrogen-bond donors (Lipinski definition) is 0. The molecule has 0 aliphatic heterocycles. The number of nitrogens with zero attached hydrogens (tertiary/aromatic N) is 6. The predicted octanol–water partition coefficient (Wildman–Crippen LogP) is 6.27. The Morgan fingerprint density at radius 1 is 0.291 bits per heavy atom. The number of rotatable bonds is 24. The molecule has 0 saturated heterocycles. The molecule has 0 unspecified atom stereocenters. The van der Waals surface area contributed by atoms with Crippen LogP contribution in [0.25, 0.3) is 45.6 Å². The molecular formula is C42H44N6O7. The lowest BCUT2D eigenvalue weighted by Gasteiger charge is -2.11. The first-order valence-electron chi connectivity index (χ1n) is 18.2. The van der Waals surface area contributed by atoms with E-state index >= 15 is 0 Å². The molecule has 0 N–H and O–H groups in total. The zero-order valence-electron chi connectivity index (χ0n) is 30.6. The zero-order valence-corrected chi connectivity index (χ0v) is 30.6. The van der Waals surface area contributed by atoms with Crippen molar-refractivity contribution in [3.8, 4) is 57.1 Å². The minimum absolute atomic E-state index is 0.378. The third-order valence-corrected chi connectivity index (χ3v) is 7.79. The summed E-state index contributed by atoms with van der Waals surface area (Å²) in [5, 5.41) is 0. The van der Waals surface area contributed by atoms with E-state index in [4.69, 9.17) is 43.1 Å². The third kappa shape index (κ3) is 13.3. The van der Waals surface area contributed by atoms with E-state index in [1.54, 1.807) is 24.8 Å². The Morgan fingerprint density at radius 2 is 0.545 bits per heavy atom. The fourth-order valence-corrected chi connectivity index (χ4v) is 5.18. The topological polar surface area (TPSA) is 142 Å². The highest BCUT2D eigenvalue weighted by Crippen LogP contribution is 2.28. The van der Waals surface area contributed by atoms with Crippen molar-refractivity contribution >= 4 is 0 Å². The second-order valence-electron chi connectivity index (χ2n) is 11.8. The Bertz CT molecular complexity index is 1700. The van der Waals surface area contributed by atoms with Crippen molar-refractivity contribution in [2.45, 2.75) is 0 Å². The van der Waals surface area contributed by atoms with Gasteiger partial charge < -0.3 is 33.2 Å². The van der Waals surface area contributed by atoms with Crippen LogP contribution in [0.2, 0.25) is 0 Å². The molecule has 6 aromatic rings. The van der Waals surface area contributed by atoms with Crippen molar-refractivity contribution in [3.63, 3.8) is 0 Å². The van der Waals surface area contributed by atoms with Gasteiger partial charge in [-0.1, -0.05) is 24.3 Å². The molecule has 6 aromatic heterocycles. The van der Waals surface area contributed by atoms with Crippen molar-refractivity contribution in [1.82, 2.24) is 29.9 Å². The van der Waals surface area contributed by atoms with E-state index in [1.807, 2.05) is 97.1 Å². The lowest BCUT2D eigenvalue weighted by atomic mass is 10.2. The van der Waals surface area contributed by atoms with Crippen molar-refractivity contribution in [2.75, 3.05) is 79.3 Å². The molecule has 0 aliphatic carbocycles. The summed E-state index contributed by atoms with van der Waals surface area (Å²) in [7, 11) is 0. The summed E-state index contributed by atoms with van der Waals surface area (Å²) < 4.78 is 40.1. The van der Waals surface area contributed by atoms with Crippen LogP contribution in [0.3, 0.4) is 0 Å². The molecular weight excluding hydrogens is 700 g/mol. The van der Waals surface area contributed by atoms with Crippen molar-refractivity contribution in [1.29, 1.82) is 0 Å². The molecule has 13 heteroatoms. The molecule has 0 aromatic carbocycles. The summed E-state index contributed by atoms with van der Waals surface area (Å²) in [5.74, 6) is 1.34. The highest BCUT2D eigenvalue weighted by molar-refractivity contribution is 5.65. The Hall–Kier alpha value is -5.70. The maximum Gasteiger partial charge on any atom is 0.123 e. The van der Waals surface area contributed by atoms with Gasteiger partial charge in [0, 0.05) is 49.1 Å². The largest absolute Gasteiger partial charge is 0.491 e. The maximum absolute atomic E-state index is 5.99. The molecule has 0 spiro atoms. The number of aromatic nitrogens is 6. The smallest absolute Gasteiger partial charge is 0.123 e. The normalized spacial score (nSPS) is 11.1. The van der Waals surface area contributed by atoms with E-state index < -0.39 is 0 Å². The van der Waals surface area contributed by atoms with Gasteiger partial charge in [-0.05, 0) is 48.5 Å². The predicted molar refractivity (Wildman–Crippen MR) is 206 cm³/mol. The minimum atomic E-state index is 0.378. The van der Waals surface area contributed by atoms with Crippen LogP contribution in [0.5, 0.6) is 11.5 Å². The lowest BCUT2D eigenvalue weighted by Crippen LogP contribution is -2.15. The van der Waals surface area contributed by atoms with Gasteiger partial charge in [-0.3, -0.25) is 19.9 Å². The number of ether oxygens (including phenoxy) is 7. The molecule has 0 atom stereocenters. The Labute approximate surface area is 320 Å². The molecule has 0 bridgehead atoms. The van der Waals surface area contributed by atoms with Gasteiger partial charge in [0.1, 0.15) is 24.7 Å². The van der Waals surface area contributed by atoms with Crippen molar-refractivity contribution < 1.29 is 33.2 Å². The molecule has 6 rings (SSSR count). The molecule has 284 valence electrons. The van der Waals surface area contributed by atoms with Crippen molar-refractivity contribution in [2.24, 2.45) is 0 Å². The van der Waals surface area contributed by atoms with E-state index in [-0.39, 0.29) is 0 Å². The quantitative estimate of drug-likeness (QED) is 0.0644. The minimum Gasteiger partial charge on any atom is -0.491 e. The van der Waals surface area contributed by atoms with Gasteiger partial charge in [0.2, 0.25) is 0 Å². The molecule has 0 amide bonds. The summed E-state index contributed by atoms with van der Waals surface area (Å²) >= 11 is 0. The summed E-state index contributed by atoms with van der Waals surface area (Å²) in [5.41, 5.74) is 5.88. The summed E-state index contributed by atoms with van der Waals surface area (Å²) in [6.07, 6.45) is 6.96. The van der Waals surface area contributed by atoms with Crippen molar-refractivity contribution in [3.05, 3.63) is 122 Å². The summed E-state index contributed by atoms with van der Waals surface area (Å²) in [6.45, 7) is 5.29. The average Bonchev–Trinajstić information content (AvgIpc) is 3.25.